The Labute approximate surface area is 125 Å². The van der Waals surface area contributed by atoms with Crippen molar-refractivity contribution in [1.82, 2.24) is 4.90 Å². The molecule has 4 nitrogen and oxygen atoms in total. The summed E-state index contributed by atoms with van der Waals surface area (Å²) in [5.41, 5.74) is 6.06. The monoisotopic (exact) mass is 293 g/mol. The van der Waals surface area contributed by atoms with Gasteiger partial charge < -0.3 is 11.1 Å². The van der Waals surface area contributed by atoms with Crippen molar-refractivity contribution < 1.29 is 9.18 Å². The molecule has 1 aromatic rings. The van der Waals surface area contributed by atoms with Crippen LogP contribution in [0.1, 0.15) is 25.7 Å². The number of nitrogens with two attached hydrogens (primary N) is 1. The fraction of sp³-hybridized carbons (Fsp3) is 0.562. The molecule has 1 amide bonds. The van der Waals surface area contributed by atoms with Gasteiger partial charge in [0.25, 0.3) is 0 Å². The van der Waals surface area contributed by atoms with Gasteiger partial charge in [-0.15, -0.1) is 0 Å². The summed E-state index contributed by atoms with van der Waals surface area (Å²) in [6.45, 7) is 0.916. The second-order valence-electron chi connectivity index (χ2n) is 5.79. The number of halogens is 1. The van der Waals surface area contributed by atoms with Crippen molar-refractivity contribution in [3.8, 4) is 0 Å². The molecule has 21 heavy (non-hydrogen) atoms. The Morgan fingerprint density at radius 1 is 1.38 bits per heavy atom. The number of anilines is 1. The highest BCUT2D eigenvalue weighted by atomic mass is 19.1. The lowest BCUT2D eigenvalue weighted by Crippen LogP contribution is -2.46. The van der Waals surface area contributed by atoms with E-state index >= 15 is 0 Å². The highest BCUT2D eigenvalue weighted by molar-refractivity contribution is 5.92. The lowest BCUT2D eigenvalue weighted by atomic mass is 9.84. The summed E-state index contributed by atoms with van der Waals surface area (Å²) in [6.07, 6.45) is 4.60. The van der Waals surface area contributed by atoms with Gasteiger partial charge in [-0.2, -0.15) is 0 Å². The smallest absolute Gasteiger partial charge is 0.238 e. The van der Waals surface area contributed by atoms with Crippen LogP contribution in [0.2, 0.25) is 0 Å². The van der Waals surface area contributed by atoms with Crippen LogP contribution in [0.5, 0.6) is 0 Å². The van der Waals surface area contributed by atoms with Crippen LogP contribution in [0.4, 0.5) is 10.1 Å². The maximum Gasteiger partial charge on any atom is 0.238 e. The third-order valence-corrected chi connectivity index (χ3v) is 4.28. The number of nitrogens with one attached hydrogen (secondary N) is 1. The average molecular weight is 293 g/mol. The summed E-state index contributed by atoms with van der Waals surface area (Å²) >= 11 is 0. The molecule has 1 aliphatic rings. The molecule has 1 saturated carbocycles. The summed E-state index contributed by atoms with van der Waals surface area (Å²) in [4.78, 5) is 14.1. The Bertz CT molecular complexity index is 480. The van der Waals surface area contributed by atoms with E-state index in [4.69, 9.17) is 5.73 Å². The maximum atomic E-state index is 13.5. The fourth-order valence-corrected chi connectivity index (χ4v) is 3.14. The van der Waals surface area contributed by atoms with Crippen LogP contribution in [-0.4, -0.2) is 37.0 Å². The summed E-state index contributed by atoms with van der Waals surface area (Å²) in [7, 11) is 1.94. The first-order chi connectivity index (χ1) is 10.1. The number of amides is 1. The molecular formula is C16H24FN3O. The van der Waals surface area contributed by atoms with Gasteiger partial charge in [-0.05, 0) is 44.5 Å². The van der Waals surface area contributed by atoms with E-state index in [0.717, 1.165) is 12.8 Å². The SMILES string of the molecule is CN(CC(=O)Nc1ccccc1F)C1CCCCC1CN. The number of rotatable bonds is 5. The number of para-hydroxylation sites is 1. The molecule has 116 valence electrons. The summed E-state index contributed by atoms with van der Waals surface area (Å²) in [5, 5.41) is 2.63. The van der Waals surface area contributed by atoms with E-state index in [1.54, 1.807) is 18.2 Å². The third-order valence-electron chi connectivity index (χ3n) is 4.28. The van der Waals surface area contributed by atoms with Gasteiger partial charge in [0.1, 0.15) is 5.82 Å². The molecule has 2 rings (SSSR count). The Morgan fingerprint density at radius 3 is 2.81 bits per heavy atom. The molecule has 0 spiro atoms. The van der Waals surface area contributed by atoms with Gasteiger partial charge in [-0.25, -0.2) is 4.39 Å². The van der Waals surface area contributed by atoms with Crippen molar-refractivity contribution in [2.75, 3.05) is 25.5 Å². The molecule has 1 fully saturated rings. The number of hydrogen-bond acceptors (Lipinski definition) is 3. The van der Waals surface area contributed by atoms with E-state index in [0.29, 0.717) is 18.5 Å². The zero-order valence-corrected chi connectivity index (χ0v) is 12.5. The Balaban J connectivity index is 1.91. The van der Waals surface area contributed by atoms with Crippen LogP contribution in [0, 0.1) is 11.7 Å². The number of carbonyl (C=O) groups excluding carboxylic acids is 1. The van der Waals surface area contributed by atoms with Crippen molar-refractivity contribution in [1.29, 1.82) is 0 Å². The number of likely N-dealkylation sites (N-methyl/N-ethyl adjacent to an activating group) is 1. The first kappa shape index (κ1) is 15.9. The van der Waals surface area contributed by atoms with Crippen molar-refractivity contribution in [2.24, 2.45) is 11.7 Å². The van der Waals surface area contributed by atoms with Crippen LogP contribution in [0.3, 0.4) is 0 Å². The largest absolute Gasteiger partial charge is 0.330 e. The van der Waals surface area contributed by atoms with Crippen molar-refractivity contribution in [2.45, 2.75) is 31.7 Å². The van der Waals surface area contributed by atoms with Crippen LogP contribution in [0.15, 0.2) is 24.3 Å². The van der Waals surface area contributed by atoms with Crippen molar-refractivity contribution >= 4 is 11.6 Å². The second-order valence-corrected chi connectivity index (χ2v) is 5.79. The zero-order chi connectivity index (χ0) is 15.2. The van der Waals surface area contributed by atoms with Crippen molar-refractivity contribution in [3.05, 3.63) is 30.1 Å². The summed E-state index contributed by atoms with van der Waals surface area (Å²) in [5.74, 6) is -0.153. The summed E-state index contributed by atoms with van der Waals surface area (Å²) < 4.78 is 13.5. The predicted octanol–water partition coefficient (Wildman–Crippen LogP) is 2.21. The highest BCUT2D eigenvalue weighted by Crippen LogP contribution is 2.27. The molecule has 5 heteroatoms. The Morgan fingerprint density at radius 2 is 2.10 bits per heavy atom. The predicted molar refractivity (Wildman–Crippen MR) is 82.5 cm³/mol. The minimum atomic E-state index is -0.411. The van der Waals surface area contributed by atoms with Gasteiger partial charge in [0.15, 0.2) is 0 Å². The first-order valence-corrected chi connectivity index (χ1v) is 7.56. The number of hydrogen-bond donors (Lipinski definition) is 2. The Kier molecular flexibility index (Phi) is 5.70. The van der Waals surface area contributed by atoms with E-state index in [-0.39, 0.29) is 18.1 Å². The molecule has 3 N–H and O–H groups in total. The van der Waals surface area contributed by atoms with E-state index in [1.807, 2.05) is 11.9 Å². The molecule has 2 unspecified atom stereocenters. The van der Waals surface area contributed by atoms with Crippen LogP contribution < -0.4 is 11.1 Å². The quantitative estimate of drug-likeness (QED) is 0.875. The molecule has 0 aliphatic heterocycles. The lowest BCUT2D eigenvalue weighted by molar-refractivity contribution is -0.117. The molecule has 0 bridgehead atoms. The van der Waals surface area contributed by atoms with Gasteiger partial charge in [0, 0.05) is 6.04 Å². The number of benzene rings is 1. The van der Waals surface area contributed by atoms with Crippen molar-refractivity contribution in [3.63, 3.8) is 0 Å². The molecule has 0 aromatic heterocycles. The zero-order valence-electron chi connectivity index (χ0n) is 12.5. The molecular weight excluding hydrogens is 269 g/mol. The third kappa shape index (κ3) is 4.25. The van der Waals surface area contributed by atoms with E-state index in [1.165, 1.54) is 18.9 Å². The average Bonchev–Trinajstić information content (AvgIpc) is 2.49. The van der Waals surface area contributed by atoms with Crippen LogP contribution >= 0.6 is 0 Å². The topological polar surface area (TPSA) is 58.4 Å². The number of nitrogens with zero attached hydrogens (tertiary/aromatic N) is 1. The second kappa shape index (κ2) is 7.52. The van der Waals surface area contributed by atoms with Crippen LogP contribution in [0.25, 0.3) is 0 Å². The molecule has 0 saturated heterocycles. The van der Waals surface area contributed by atoms with E-state index in [2.05, 4.69) is 5.32 Å². The molecule has 0 radical (unpaired) electrons. The molecule has 1 aliphatic carbocycles. The van der Waals surface area contributed by atoms with Gasteiger partial charge in [0.05, 0.1) is 12.2 Å². The first-order valence-electron chi connectivity index (χ1n) is 7.56. The molecule has 1 aromatic carbocycles. The molecule has 2 atom stereocenters. The lowest BCUT2D eigenvalue weighted by Gasteiger charge is -2.37. The van der Waals surface area contributed by atoms with Crippen LogP contribution in [-0.2, 0) is 4.79 Å². The van der Waals surface area contributed by atoms with Gasteiger partial charge in [0.2, 0.25) is 5.91 Å². The minimum absolute atomic E-state index is 0.191. The number of carbonyl (C=O) groups is 1. The Hall–Kier alpha value is -1.46. The molecule has 0 heterocycles. The van der Waals surface area contributed by atoms with Gasteiger partial charge in [-0.1, -0.05) is 25.0 Å². The maximum absolute atomic E-state index is 13.5. The van der Waals surface area contributed by atoms with E-state index < -0.39 is 5.82 Å². The summed E-state index contributed by atoms with van der Waals surface area (Å²) in [6, 6.07) is 6.55. The highest BCUT2D eigenvalue weighted by Gasteiger charge is 2.28. The van der Waals surface area contributed by atoms with E-state index in [9.17, 15) is 9.18 Å². The fourth-order valence-electron chi connectivity index (χ4n) is 3.14. The van der Waals surface area contributed by atoms with Gasteiger partial charge >= 0.3 is 0 Å². The van der Waals surface area contributed by atoms with Gasteiger partial charge in [-0.3, -0.25) is 9.69 Å². The normalized spacial score (nSPS) is 22.3. The standard InChI is InChI=1S/C16H24FN3O/c1-20(15-9-5-2-6-12(15)10-18)11-16(21)19-14-8-4-3-7-13(14)17/h3-4,7-8,12,15H,2,5-6,9-11,18H2,1H3,(H,19,21). The minimum Gasteiger partial charge on any atom is -0.330 e.